The average molecular weight is 289 g/mol. The second-order valence-corrected chi connectivity index (χ2v) is 5.37. The number of likely N-dealkylation sites (N-methyl/N-ethyl adjacent to an activating group) is 1. The number of para-hydroxylation sites is 1. The van der Waals surface area contributed by atoms with Crippen molar-refractivity contribution in [2.75, 3.05) is 19.8 Å². The Kier molecular flexibility index (Phi) is 3.94. The van der Waals surface area contributed by atoms with Crippen LogP contribution in [0.4, 0.5) is 0 Å². The van der Waals surface area contributed by atoms with E-state index < -0.39 is 11.9 Å². The van der Waals surface area contributed by atoms with E-state index in [1.165, 1.54) is 0 Å². The molecule has 1 aromatic heterocycles. The fourth-order valence-electron chi connectivity index (χ4n) is 2.98. The Morgan fingerprint density at radius 3 is 2.95 bits per heavy atom. The molecule has 3 rings (SSSR count). The molecule has 0 aliphatic carbocycles. The maximum absolute atomic E-state index is 11.3. The highest BCUT2D eigenvalue weighted by Crippen LogP contribution is 2.26. The molecule has 2 atom stereocenters. The number of hydrogen-bond donors (Lipinski definition) is 1. The fraction of sp³-hybridized carbons (Fsp3) is 0.438. The molecule has 112 valence electrons. The van der Waals surface area contributed by atoms with Gasteiger partial charge in [-0.15, -0.1) is 0 Å². The molecule has 1 aliphatic heterocycles. The van der Waals surface area contributed by atoms with Gasteiger partial charge >= 0.3 is 5.97 Å². The van der Waals surface area contributed by atoms with Crippen LogP contribution in [0.15, 0.2) is 34.9 Å². The molecule has 1 aliphatic rings. The molecule has 1 N–H and O–H groups in total. The van der Waals surface area contributed by atoms with Gasteiger partial charge in [0.15, 0.2) is 0 Å². The number of carbonyl (C=O) groups is 1. The lowest BCUT2D eigenvalue weighted by Gasteiger charge is -2.28. The van der Waals surface area contributed by atoms with E-state index in [0.29, 0.717) is 19.8 Å². The third kappa shape index (κ3) is 2.66. The highest BCUT2D eigenvalue weighted by Gasteiger charge is 2.37. The van der Waals surface area contributed by atoms with Crippen molar-refractivity contribution in [2.24, 2.45) is 5.92 Å². The maximum Gasteiger partial charge on any atom is 0.310 e. The number of carboxylic acids is 1. The summed E-state index contributed by atoms with van der Waals surface area (Å²) < 4.78 is 10.9. The number of nitrogens with zero attached hydrogens (tertiary/aromatic N) is 1. The van der Waals surface area contributed by atoms with E-state index in [0.717, 1.165) is 23.1 Å². The molecule has 5 heteroatoms. The van der Waals surface area contributed by atoms with E-state index >= 15 is 0 Å². The van der Waals surface area contributed by atoms with Crippen LogP contribution in [-0.4, -0.2) is 41.8 Å². The lowest BCUT2D eigenvalue weighted by Crippen LogP contribution is -2.42. The second kappa shape index (κ2) is 5.87. The molecule has 2 heterocycles. The monoisotopic (exact) mass is 289 g/mol. The number of ether oxygens (including phenoxy) is 1. The summed E-state index contributed by atoms with van der Waals surface area (Å²) in [6.45, 7) is 4.26. The molecule has 5 nitrogen and oxygen atoms in total. The zero-order valence-electron chi connectivity index (χ0n) is 12.0. The molecular formula is C16H19NO4. The molecule has 0 saturated carbocycles. The first-order valence-electron chi connectivity index (χ1n) is 7.20. The van der Waals surface area contributed by atoms with Crippen LogP contribution in [0.2, 0.25) is 0 Å². The van der Waals surface area contributed by atoms with Crippen molar-refractivity contribution >= 4 is 16.9 Å². The molecule has 1 aromatic carbocycles. The molecule has 1 saturated heterocycles. The van der Waals surface area contributed by atoms with E-state index in [2.05, 4.69) is 4.90 Å². The number of carboxylic acid groups (broad SMARTS) is 1. The third-order valence-corrected chi connectivity index (χ3v) is 4.18. The van der Waals surface area contributed by atoms with Gasteiger partial charge in [-0.3, -0.25) is 9.69 Å². The smallest absolute Gasteiger partial charge is 0.310 e. The van der Waals surface area contributed by atoms with Crippen LogP contribution in [0.25, 0.3) is 11.0 Å². The van der Waals surface area contributed by atoms with E-state index in [9.17, 15) is 9.90 Å². The molecule has 0 spiro atoms. The van der Waals surface area contributed by atoms with Crippen LogP contribution in [0.1, 0.15) is 12.5 Å². The van der Waals surface area contributed by atoms with Crippen molar-refractivity contribution in [3.8, 4) is 0 Å². The van der Waals surface area contributed by atoms with Crippen molar-refractivity contribution in [1.29, 1.82) is 0 Å². The molecular weight excluding hydrogens is 270 g/mol. The van der Waals surface area contributed by atoms with Gasteiger partial charge < -0.3 is 14.3 Å². The van der Waals surface area contributed by atoms with Gasteiger partial charge in [0.05, 0.1) is 25.4 Å². The first kappa shape index (κ1) is 14.1. The summed E-state index contributed by atoms with van der Waals surface area (Å²) >= 11 is 0. The number of fused-ring (bicyclic) bond motifs is 1. The van der Waals surface area contributed by atoms with Gasteiger partial charge in [0.2, 0.25) is 0 Å². The Morgan fingerprint density at radius 1 is 1.38 bits per heavy atom. The van der Waals surface area contributed by atoms with Crippen LogP contribution < -0.4 is 0 Å². The molecule has 0 amide bonds. The topological polar surface area (TPSA) is 62.9 Å². The number of furan rings is 1. The molecule has 21 heavy (non-hydrogen) atoms. The van der Waals surface area contributed by atoms with Crippen molar-refractivity contribution < 1.29 is 19.1 Å². The largest absolute Gasteiger partial charge is 0.481 e. The van der Waals surface area contributed by atoms with Crippen molar-refractivity contribution in [1.82, 2.24) is 4.90 Å². The van der Waals surface area contributed by atoms with Crippen LogP contribution in [0, 0.1) is 5.92 Å². The molecule has 2 unspecified atom stereocenters. The highest BCUT2D eigenvalue weighted by molar-refractivity contribution is 5.80. The number of aliphatic carboxylic acids is 1. The summed E-state index contributed by atoms with van der Waals surface area (Å²) in [4.78, 5) is 13.5. The number of hydrogen-bond acceptors (Lipinski definition) is 4. The number of benzene rings is 1. The zero-order chi connectivity index (χ0) is 14.8. The zero-order valence-corrected chi connectivity index (χ0v) is 12.0. The lowest BCUT2D eigenvalue weighted by molar-refractivity contribution is -0.143. The van der Waals surface area contributed by atoms with Crippen LogP contribution in [0.5, 0.6) is 0 Å². The average Bonchev–Trinajstić information content (AvgIpc) is 3.12. The Labute approximate surface area is 123 Å². The van der Waals surface area contributed by atoms with Gasteiger partial charge in [-0.05, 0) is 12.6 Å². The standard InChI is InChI=1S/C16H19NO4/c1-2-17(14-10-20-9-13(14)16(18)19)7-11-8-21-15-6-4-3-5-12(11)15/h3-6,8,13-14H,2,7,9-10H2,1H3,(H,18,19). The summed E-state index contributed by atoms with van der Waals surface area (Å²) in [5.41, 5.74) is 1.95. The summed E-state index contributed by atoms with van der Waals surface area (Å²) in [5, 5.41) is 10.4. The summed E-state index contributed by atoms with van der Waals surface area (Å²) in [5.74, 6) is -1.24. The lowest BCUT2D eigenvalue weighted by atomic mass is 10.0. The minimum absolute atomic E-state index is 0.0823. The minimum Gasteiger partial charge on any atom is -0.481 e. The SMILES string of the molecule is CCN(Cc1coc2ccccc12)C1COCC1C(=O)O. The maximum atomic E-state index is 11.3. The van der Waals surface area contributed by atoms with Crippen LogP contribution in [0.3, 0.4) is 0 Å². The van der Waals surface area contributed by atoms with Crippen LogP contribution in [-0.2, 0) is 16.1 Å². The number of rotatable bonds is 5. The normalized spacial score (nSPS) is 22.2. The predicted octanol–water partition coefficient (Wildman–Crippen LogP) is 2.35. The Balaban J connectivity index is 1.82. The van der Waals surface area contributed by atoms with Crippen LogP contribution >= 0.6 is 0 Å². The summed E-state index contributed by atoms with van der Waals surface area (Å²) in [6.07, 6.45) is 1.76. The van der Waals surface area contributed by atoms with E-state index in [4.69, 9.17) is 9.15 Å². The first-order chi connectivity index (χ1) is 10.2. The Hall–Kier alpha value is -1.85. The Bertz CT molecular complexity index is 636. The van der Waals surface area contributed by atoms with E-state index in [1.54, 1.807) is 6.26 Å². The minimum atomic E-state index is -0.784. The van der Waals surface area contributed by atoms with Gasteiger partial charge in [-0.1, -0.05) is 25.1 Å². The predicted molar refractivity (Wildman–Crippen MR) is 78.0 cm³/mol. The molecule has 0 radical (unpaired) electrons. The van der Waals surface area contributed by atoms with Gasteiger partial charge in [0, 0.05) is 23.5 Å². The molecule has 2 aromatic rings. The van der Waals surface area contributed by atoms with Crippen molar-refractivity contribution in [3.63, 3.8) is 0 Å². The van der Waals surface area contributed by atoms with Crippen molar-refractivity contribution in [2.45, 2.75) is 19.5 Å². The quantitative estimate of drug-likeness (QED) is 0.915. The fourth-order valence-corrected chi connectivity index (χ4v) is 2.98. The van der Waals surface area contributed by atoms with Gasteiger partial charge in [-0.2, -0.15) is 0 Å². The second-order valence-electron chi connectivity index (χ2n) is 5.37. The molecule has 1 fully saturated rings. The van der Waals surface area contributed by atoms with Crippen molar-refractivity contribution in [3.05, 3.63) is 36.1 Å². The third-order valence-electron chi connectivity index (χ3n) is 4.18. The summed E-state index contributed by atoms with van der Waals surface area (Å²) in [7, 11) is 0. The van der Waals surface area contributed by atoms with Gasteiger partial charge in [-0.25, -0.2) is 0 Å². The molecule has 0 bridgehead atoms. The highest BCUT2D eigenvalue weighted by atomic mass is 16.5. The van der Waals surface area contributed by atoms with E-state index in [-0.39, 0.29) is 6.04 Å². The van der Waals surface area contributed by atoms with E-state index in [1.807, 2.05) is 31.2 Å². The van der Waals surface area contributed by atoms with Gasteiger partial charge in [0.25, 0.3) is 0 Å². The summed E-state index contributed by atoms with van der Waals surface area (Å²) in [6, 6.07) is 7.81. The van der Waals surface area contributed by atoms with Gasteiger partial charge in [0.1, 0.15) is 5.58 Å². The first-order valence-corrected chi connectivity index (χ1v) is 7.20. The Morgan fingerprint density at radius 2 is 2.19 bits per heavy atom.